The van der Waals surface area contributed by atoms with Crippen molar-refractivity contribution >= 4 is 17.0 Å². The van der Waals surface area contributed by atoms with Crippen molar-refractivity contribution in [3.05, 3.63) is 53.6 Å². The minimum absolute atomic E-state index is 0.214. The third-order valence-electron chi connectivity index (χ3n) is 4.16. The van der Waals surface area contributed by atoms with Crippen LogP contribution in [0, 0.1) is 0 Å². The number of nitrogens with zero attached hydrogens (tertiary/aromatic N) is 3. The summed E-state index contributed by atoms with van der Waals surface area (Å²) in [6.45, 7) is 6.01. The second kappa shape index (κ2) is 6.20. The molecule has 2 N–H and O–H groups in total. The lowest BCUT2D eigenvalue weighted by atomic mass is 9.85. The summed E-state index contributed by atoms with van der Waals surface area (Å²) in [7, 11) is 0. The van der Waals surface area contributed by atoms with Crippen LogP contribution in [-0.4, -0.2) is 31.2 Å². The zero-order valence-corrected chi connectivity index (χ0v) is 14.5. The van der Waals surface area contributed by atoms with Crippen molar-refractivity contribution in [1.29, 1.82) is 0 Å². The van der Waals surface area contributed by atoms with E-state index in [-0.39, 0.29) is 17.6 Å². The normalized spacial score (nSPS) is 13.1. The van der Waals surface area contributed by atoms with E-state index in [0.717, 1.165) is 11.1 Å². The number of aliphatic carboxylic acids is 1. The van der Waals surface area contributed by atoms with Gasteiger partial charge < -0.3 is 10.2 Å². The summed E-state index contributed by atoms with van der Waals surface area (Å²) in [5.74, 6) is -0.781. The highest BCUT2D eigenvalue weighted by Gasteiger charge is 2.25. The number of rotatable bonds is 4. The SMILES string of the molecule is CC(C)(C)c1cc(CC(C(=O)O)n2nc3ccccc3n2)ccc1O. The van der Waals surface area contributed by atoms with E-state index in [1.165, 1.54) is 4.80 Å². The molecule has 1 atom stereocenters. The summed E-state index contributed by atoms with van der Waals surface area (Å²) in [6, 6.07) is 11.6. The molecule has 25 heavy (non-hydrogen) atoms. The predicted octanol–water partition coefficient (Wildman–Crippen LogP) is 3.30. The Bertz CT molecular complexity index is 892. The van der Waals surface area contributed by atoms with Gasteiger partial charge in [-0.15, -0.1) is 0 Å². The van der Waals surface area contributed by atoms with Gasteiger partial charge in [-0.05, 0) is 34.7 Å². The van der Waals surface area contributed by atoms with Gasteiger partial charge in [-0.25, -0.2) is 4.79 Å². The van der Waals surface area contributed by atoms with Gasteiger partial charge in [0.05, 0.1) is 0 Å². The number of phenolic OH excluding ortho intramolecular Hbond substituents is 1. The lowest BCUT2D eigenvalue weighted by Crippen LogP contribution is -2.24. The number of phenols is 1. The molecule has 2 aromatic carbocycles. The Morgan fingerprint density at radius 3 is 2.24 bits per heavy atom. The molecular weight excluding hydrogens is 318 g/mol. The van der Waals surface area contributed by atoms with Gasteiger partial charge in [-0.1, -0.05) is 45.0 Å². The van der Waals surface area contributed by atoms with E-state index in [1.807, 2.05) is 39.0 Å². The smallest absolute Gasteiger partial charge is 0.330 e. The Hall–Kier alpha value is -2.89. The van der Waals surface area contributed by atoms with Crippen LogP contribution in [0.2, 0.25) is 0 Å². The minimum Gasteiger partial charge on any atom is -0.508 e. The number of aromatic hydroxyl groups is 1. The standard InChI is InChI=1S/C19H21N3O3/c1-19(2,3)13-10-12(8-9-17(13)23)11-16(18(24)25)22-20-14-6-4-5-7-15(14)21-22/h4-10,16,23H,11H2,1-3H3,(H,24,25). The molecule has 0 fully saturated rings. The number of hydrogen-bond donors (Lipinski definition) is 2. The fraction of sp³-hybridized carbons (Fsp3) is 0.316. The van der Waals surface area contributed by atoms with Gasteiger partial charge in [0.15, 0.2) is 6.04 Å². The molecule has 0 amide bonds. The number of fused-ring (bicyclic) bond motifs is 1. The first-order chi connectivity index (χ1) is 11.8. The Morgan fingerprint density at radius 2 is 1.72 bits per heavy atom. The fourth-order valence-corrected chi connectivity index (χ4v) is 2.82. The Labute approximate surface area is 145 Å². The zero-order valence-electron chi connectivity index (χ0n) is 14.5. The lowest BCUT2D eigenvalue weighted by Gasteiger charge is -2.22. The van der Waals surface area contributed by atoms with Gasteiger partial charge in [-0.3, -0.25) is 0 Å². The number of carboxylic acid groups (broad SMARTS) is 1. The highest BCUT2D eigenvalue weighted by atomic mass is 16.4. The van der Waals surface area contributed by atoms with Gasteiger partial charge in [0, 0.05) is 6.42 Å². The monoisotopic (exact) mass is 339 g/mol. The maximum atomic E-state index is 11.8. The van der Waals surface area contributed by atoms with Crippen LogP contribution in [0.25, 0.3) is 11.0 Å². The van der Waals surface area contributed by atoms with E-state index in [9.17, 15) is 15.0 Å². The molecule has 0 aliphatic rings. The van der Waals surface area contributed by atoms with Gasteiger partial charge in [0.2, 0.25) is 0 Å². The molecule has 1 aromatic heterocycles. The number of aromatic nitrogens is 3. The molecule has 3 rings (SSSR count). The maximum Gasteiger partial charge on any atom is 0.330 e. The molecule has 6 heteroatoms. The molecule has 0 spiro atoms. The highest BCUT2D eigenvalue weighted by Crippen LogP contribution is 2.32. The molecule has 1 heterocycles. The van der Waals surface area contributed by atoms with Crippen molar-refractivity contribution in [2.75, 3.05) is 0 Å². The Kier molecular flexibility index (Phi) is 4.20. The summed E-state index contributed by atoms with van der Waals surface area (Å²) in [4.78, 5) is 13.0. The number of carbonyl (C=O) groups is 1. The second-order valence-electron chi connectivity index (χ2n) is 7.17. The Morgan fingerprint density at radius 1 is 1.12 bits per heavy atom. The van der Waals surface area contributed by atoms with Crippen LogP contribution in [0.1, 0.15) is 37.9 Å². The zero-order chi connectivity index (χ0) is 18.2. The van der Waals surface area contributed by atoms with Crippen molar-refractivity contribution < 1.29 is 15.0 Å². The summed E-state index contributed by atoms with van der Waals surface area (Å²) in [5, 5.41) is 28.3. The van der Waals surface area contributed by atoms with Gasteiger partial charge in [0.1, 0.15) is 16.8 Å². The van der Waals surface area contributed by atoms with Crippen LogP contribution in [-0.2, 0) is 16.6 Å². The third-order valence-corrected chi connectivity index (χ3v) is 4.16. The van der Waals surface area contributed by atoms with Crippen molar-refractivity contribution in [3.63, 3.8) is 0 Å². The first-order valence-corrected chi connectivity index (χ1v) is 8.12. The molecule has 6 nitrogen and oxygen atoms in total. The molecule has 3 aromatic rings. The molecular formula is C19H21N3O3. The van der Waals surface area contributed by atoms with E-state index in [4.69, 9.17) is 0 Å². The van der Waals surface area contributed by atoms with E-state index in [1.54, 1.807) is 24.3 Å². The van der Waals surface area contributed by atoms with Crippen LogP contribution in [0.15, 0.2) is 42.5 Å². The van der Waals surface area contributed by atoms with Crippen LogP contribution < -0.4 is 0 Å². The minimum atomic E-state index is -0.995. The van der Waals surface area contributed by atoms with Crippen LogP contribution in [0.4, 0.5) is 0 Å². The van der Waals surface area contributed by atoms with Gasteiger partial charge >= 0.3 is 5.97 Å². The van der Waals surface area contributed by atoms with Crippen molar-refractivity contribution in [3.8, 4) is 5.75 Å². The van der Waals surface area contributed by atoms with E-state index in [0.29, 0.717) is 11.0 Å². The van der Waals surface area contributed by atoms with Crippen molar-refractivity contribution in [2.24, 2.45) is 0 Å². The van der Waals surface area contributed by atoms with Gasteiger partial charge in [-0.2, -0.15) is 15.0 Å². The van der Waals surface area contributed by atoms with Crippen LogP contribution in [0.3, 0.4) is 0 Å². The molecule has 0 bridgehead atoms. The van der Waals surface area contributed by atoms with Crippen molar-refractivity contribution in [2.45, 2.75) is 38.6 Å². The first kappa shape index (κ1) is 17.0. The molecule has 1 unspecified atom stereocenters. The van der Waals surface area contributed by atoms with Crippen molar-refractivity contribution in [1.82, 2.24) is 15.0 Å². The van der Waals surface area contributed by atoms with E-state index < -0.39 is 12.0 Å². The second-order valence-corrected chi connectivity index (χ2v) is 7.17. The highest BCUT2D eigenvalue weighted by molar-refractivity contribution is 5.75. The molecule has 0 aliphatic heterocycles. The first-order valence-electron chi connectivity index (χ1n) is 8.12. The summed E-state index contributed by atoms with van der Waals surface area (Å²) in [5.41, 5.74) is 2.69. The van der Waals surface area contributed by atoms with Crippen LogP contribution >= 0.6 is 0 Å². The third kappa shape index (κ3) is 3.47. The fourth-order valence-electron chi connectivity index (χ4n) is 2.82. The van der Waals surface area contributed by atoms with E-state index >= 15 is 0 Å². The Balaban J connectivity index is 1.96. The molecule has 0 saturated heterocycles. The lowest BCUT2D eigenvalue weighted by molar-refractivity contribution is -0.141. The summed E-state index contributed by atoms with van der Waals surface area (Å²) < 4.78 is 0. The van der Waals surface area contributed by atoms with E-state index in [2.05, 4.69) is 10.2 Å². The largest absolute Gasteiger partial charge is 0.508 e. The maximum absolute atomic E-state index is 11.8. The predicted molar refractivity (Wildman–Crippen MR) is 94.7 cm³/mol. The number of hydrogen-bond acceptors (Lipinski definition) is 4. The number of carboxylic acids is 1. The quantitative estimate of drug-likeness (QED) is 0.761. The molecule has 0 aliphatic carbocycles. The average Bonchev–Trinajstić information content (AvgIpc) is 2.96. The topological polar surface area (TPSA) is 88.2 Å². The molecule has 0 radical (unpaired) electrons. The average molecular weight is 339 g/mol. The summed E-state index contributed by atoms with van der Waals surface area (Å²) in [6.07, 6.45) is 0.236. The molecule has 130 valence electrons. The molecule has 0 saturated carbocycles. The van der Waals surface area contributed by atoms with Gasteiger partial charge in [0.25, 0.3) is 0 Å². The van der Waals surface area contributed by atoms with Crippen LogP contribution in [0.5, 0.6) is 5.75 Å². The number of benzene rings is 2. The summed E-state index contributed by atoms with van der Waals surface area (Å²) >= 11 is 0.